The van der Waals surface area contributed by atoms with E-state index >= 15 is 0 Å². The molecule has 8 heteroatoms. The van der Waals surface area contributed by atoms with Crippen LogP contribution in [0.5, 0.6) is 5.75 Å². The van der Waals surface area contributed by atoms with Crippen LogP contribution in [-0.2, 0) is 14.4 Å². The van der Waals surface area contributed by atoms with E-state index in [9.17, 15) is 14.4 Å². The third-order valence-electron chi connectivity index (χ3n) is 3.91. The Morgan fingerprint density at radius 2 is 1.85 bits per heavy atom. The van der Waals surface area contributed by atoms with Gasteiger partial charge in [0, 0.05) is 12.3 Å². The Bertz CT molecular complexity index is 684. The fourth-order valence-corrected chi connectivity index (χ4v) is 2.40. The summed E-state index contributed by atoms with van der Waals surface area (Å²) in [7, 11) is 0. The normalized spacial score (nSPS) is 12.6. The Balaban J connectivity index is 2.79. The minimum Gasteiger partial charge on any atom is -0.481 e. The van der Waals surface area contributed by atoms with Gasteiger partial charge in [-0.1, -0.05) is 32.0 Å². The second kappa shape index (κ2) is 10.8. The van der Waals surface area contributed by atoms with Crippen LogP contribution in [0, 0.1) is 23.2 Å². The SMILES string of the molecule is CCN(Oc1ccccc1)C(=O)CC(C(=O)NC(C#N)CC(=O)O)C(C)C. The molecule has 1 aromatic rings. The summed E-state index contributed by atoms with van der Waals surface area (Å²) < 4.78 is 0. The molecule has 2 atom stereocenters. The first kappa shape index (κ1) is 22.0. The van der Waals surface area contributed by atoms with E-state index in [2.05, 4.69) is 5.32 Å². The van der Waals surface area contributed by atoms with Crippen molar-refractivity contribution in [1.29, 1.82) is 5.26 Å². The summed E-state index contributed by atoms with van der Waals surface area (Å²) in [6, 6.07) is 9.42. The molecule has 0 aliphatic rings. The number of nitrogens with zero attached hydrogens (tertiary/aromatic N) is 2. The lowest BCUT2D eigenvalue weighted by Crippen LogP contribution is -2.43. The van der Waals surface area contributed by atoms with E-state index in [4.69, 9.17) is 15.2 Å². The molecule has 0 saturated heterocycles. The van der Waals surface area contributed by atoms with E-state index in [0.717, 1.165) is 0 Å². The van der Waals surface area contributed by atoms with Crippen molar-refractivity contribution in [3.63, 3.8) is 0 Å². The molecule has 2 unspecified atom stereocenters. The monoisotopic (exact) mass is 375 g/mol. The van der Waals surface area contributed by atoms with Crippen LogP contribution in [0.3, 0.4) is 0 Å². The first-order chi connectivity index (χ1) is 12.8. The molecule has 0 saturated carbocycles. The predicted octanol–water partition coefficient (Wildman–Crippen LogP) is 1.97. The number of carboxylic acids is 1. The molecule has 0 spiro atoms. The number of rotatable bonds is 10. The van der Waals surface area contributed by atoms with Gasteiger partial charge in [0.2, 0.25) is 5.91 Å². The molecule has 2 amide bonds. The Hall–Kier alpha value is -3.08. The van der Waals surface area contributed by atoms with Gasteiger partial charge >= 0.3 is 5.97 Å². The number of carboxylic acid groups (broad SMARTS) is 1. The number of hydroxylamine groups is 2. The lowest BCUT2D eigenvalue weighted by molar-refractivity contribution is -0.159. The van der Waals surface area contributed by atoms with Gasteiger partial charge < -0.3 is 15.3 Å². The largest absolute Gasteiger partial charge is 0.481 e. The Morgan fingerprint density at radius 3 is 2.33 bits per heavy atom. The average molecular weight is 375 g/mol. The number of carbonyl (C=O) groups is 3. The first-order valence-corrected chi connectivity index (χ1v) is 8.73. The molecular formula is C19H25N3O5. The maximum absolute atomic E-state index is 12.6. The number of carbonyl (C=O) groups excluding carboxylic acids is 2. The van der Waals surface area contributed by atoms with Crippen molar-refractivity contribution in [2.24, 2.45) is 11.8 Å². The fraction of sp³-hybridized carbons (Fsp3) is 0.474. The lowest BCUT2D eigenvalue weighted by Gasteiger charge is -2.25. The molecule has 8 nitrogen and oxygen atoms in total. The van der Waals surface area contributed by atoms with Gasteiger partial charge in [0.1, 0.15) is 6.04 Å². The highest BCUT2D eigenvalue weighted by atomic mass is 16.7. The van der Waals surface area contributed by atoms with Crippen molar-refractivity contribution in [1.82, 2.24) is 10.4 Å². The van der Waals surface area contributed by atoms with Gasteiger partial charge in [-0.3, -0.25) is 14.4 Å². The zero-order chi connectivity index (χ0) is 20.4. The van der Waals surface area contributed by atoms with Crippen molar-refractivity contribution >= 4 is 17.8 Å². The highest BCUT2D eigenvalue weighted by Gasteiger charge is 2.29. The van der Waals surface area contributed by atoms with E-state index in [-0.39, 0.29) is 18.2 Å². The van der Waals surface area contributed by atoms with Crippen molar-refractivity contribution in [3.05, 3.63) is 30.3 Å². The number of nitriles is 1. The van der Waals surface area contributed by atoms with Gasteiger partial charge in [-0.05, 0) is 25.0 Å². The molecule has 1 rings (SSSR count). The van der Waals surface area contributed by atoms with Crippen LogP contribution in [0.2, 0.25) is 0 Å². The van der Waals surface area contributed by atoms with Gasteiger partial charge in [0.05, 0.1) is 19.0 Å². The minimum atomic E-state index is -1.19. The van der Waals surface area contributed by atoms with Crippen molar-refractivity contribution in [2.45, 2.75) is 39.7 Å². The Morgan fingerprint density at radius 1 is 1.22 bits per heavy atom. The molecule has 146 valence electrons. The molecular weight excluding hydrogens is 350 g/mol. The number of benzene rings is 1. The summed E-state index contributed by atoms with van der Waals surface area (Å²) in [5, 5.41) is 21.4. The third-order valence-corrected chi connectivity index (χ3v) is 3.91. The third kappa shape index (κ3) is 7.36. The van der Waals surface area contributed by atoms with E-state index in [0.29, 0.717) is 12.3 Å². The minimum absolute atomic E-state index is 0.116. The molecule has 0 aromatic heterocycles. The number of para-hydroxylation sites is 1. The average Bonchev–Trinajstić information content (AvgIpc) is 2.63. The van der Waals surface area contributed by atoms with E-state index in [1.165, 1.54) is 5.06 Å². The first-order valence-electron chi connectivity index (χ1n) is 8.73. The van der Waals surface area contributed by atoms with Crippen LogP contribution in [0.25, 0.3) is 0 Å². The van der Waals surface area contributed by atoms with Crippen LogP contribution in [0.15, 0.2) is 30.3 Å². The second-order valence-electron chi connectivity index (χ2n) is 6.34. The summed E-state index contributed by atoms with van der Waals surface area (Å²) in [5.41, 5.74) is 0. The molecule has 0 heterocycles. The van der Waals surface area contributed by atoms with E-state index in [1.807, 2.05) is 6.07 Å². The van der Waals surface area contributed by atoms with Crippen molar-refractivity contribution in [3.8, 4) is 11.8 Å². The molecule has 1 aromatic carbocycles. The summed E-state index contributed by atoms with van der Waals surface area (Å²) >= 11 is 0. The molecule has 0 bridgehead atoms. The van der Waals surface area contributed by atoms with Gasteiger partial charge in [-0.15, -0.1) is 0 Å². The van der Waals surface area contributed by atoms with Crippen LogP contribution in [0.1, 0.15) is 33.6 Å². The summed E-state index contributed by atoms with van der Waals surface area (Å²) in [6.45, 7) is 5.61. The predicted molar refractivity (Wildman–Crippen MR) is 97.2 cm³/mol. The fourth-order valence-electron chi connectivity index (χ4n) is 2.40. The van der Waals surface area contributed by atoms with Crippen molar-refractivity contribution < 1.29 is 24.3 Å². The van der Waals surface area contributed by atoms with Gasteiger partial charge in [0.15, 0.2) is 5.75 Å². The maximum atomic E-state index is 12.6. The smallest absolute Gasteiger partial charge is 0.306 e. The standard InChI is InChI=1S/C19H25N3O5/c1-4-22(27-15-8-6-5-7-9-15)17(23)11-16(13(2)3)19(26)21-14(12-20)10-18(24)25/h5-9,13-14,16H,4,10-11H2,1-3H3,(H,21,26)(H,24,25). The Kier molecular flexibility index (Phi) is 8.79. The summed E-state index contributed by atoms with van der Waals surface area (Å²) in [4.78, 5) is 41.4. The quantitative estimate of drug-likeness (QED) is 0.603. The topological polar surface area (TPSA) is 120 Å². The molecule has 0 fully saturated rings. The van der Waals surface area contributed by atoms with E-state index in [1.54, 1.807) is 51.1 Å². The molecule has 27 heavy (non-hydrogen) atoms. The second-order valence-corrected chi connectivity index (χ2v) is 6.34. The molecule has 0 aliphatic carbocycles. The van der Waals surface area contributed by atoms with E-state index < -0.39 is 30.3 Å². The molecule has 2 N–H and O–H groups in total. The van der Waals surface area contributed by atoms with Gasteiger partial charge in [-0.2, -0.15) is 10.3 Å². The van der Waals surface area contributed by atoms with Gasteiger partial charge in [0.25, 0.3) is 5.91 Å². The van der Waals surface area contributed by atoms with Crippen molar-refractivity contribution in [2.75, 3.05) is 6.54 Å². The number of nitrogens with one attached hydrogen (secondary N) is 1. The zero-order valence-electron chi connectivity index (χ0n) is 15.7. The number of hydrogen-bond acceptors (Lipinski definition) is 5. The maximum Gasteiger partial charge on any atom is 0.306 e. The highest BCUT2D eigenvalue weighted by molar-refractivity contribution is 5.86. The van der Waals surface area contributed by atoms with Crippen LogP contribution in [-0.4, -0.2) is 40.5 Å². The lowest BCUT2D eigenvalue weighted by atomic mass is 9.91. The molecule has 0 radical (unpaired) electrons. The molecule has 0 aliphatic heterocycles. The summed E-state index contributed by atoms with van der Waals surface area (Å²) in [5.74, 6) is -2.48. The Labute approximate surface area is 158 Å². The van der Waals surface area contributed by atoms with Crippen LogP contribution < -0.4 is 10.2 Å². The number of aliphatic carboxylic acids is 1. The van der Waals surface area contributed by atoms with Crippen LogP contribution >= 0.6 is 0 Å². The van der Waals surface area contributed by atoms with Gasteiger partial charge in [-0.25, -0.2) is 0 Å². The highest BCUT2D eigenvalue weighted by Crippen LogP contribution is 2.19. The number of hydrogen-bond donors (Lipinski definition) is 2. The zero-order valence-corrected chi connectivity index (χ0v) is 15.7. The summed E-state index contributed by atoms with van der Waals surface area (Å²) in [6.07, 6.45) is -0.616. The van der Waals surface area contributed by atoms with Crippen LogP contribution in [0.4, 0.5) is 0 Å². The number of amides is 2.